The van der Waals surface area contributed by atoms with Gasteiger partial charge in [0.15, 0.2) is 0 Å². The molecule has 3 aromatic rings. The molecule has 0 aliphatic carbocycles. The molecule has 0 atom stereocenters. The summed E-state index contributed by atoms with van der Waals surface area (Å²) < 4.78 is 6.30. The second kappa shape index (κ2) is 8.42. The van der Waals surface area contributed by atoms with Crippen LogP contribution < -0.4 is 9.64 Å². The molecule has 2 aromatic carbocycles. The van der Waals surface area contributed by atoms with Crippen LogP contribution in [0.25, 0.3) is 11.1 Å². The van der Waals surface area contributed by atoms with Gasteiger partial charge in [-0.3, -0.25) is 0 Å². The number of ether oxygens (including phenoxy) is 1. The number of hydrogen-bond donors (Lipinski definition) is 0. The van der Waals surface area contributed by atoms with Crippen LogP contribution in [-0.2, 0) is 6.42 Å². The van der Waals surface area contributed by atoms with Crippen LogP contribution in [0.3, 0.4) is 0 Å². The van der Waals surface area contributed by atoms with E-state index in [9.17, 15) is 0 Å². The Bertz CT molecular complexity index is 915. The highest BCUT2D eigenvalue weighted by Gasteiger charge is 2.22. The van der Waals surface area contributed by atoms with E-state index in [1.165, 1.54) is 22.3 Å². The number of piperidine rings is 1. The van der Waals surface area contributed by atoms with Crippen LogP contribution in [0.1, 0.15) is 30.9 Å². The smallest absolute Gasteiger partial charge is 0.225 e. The van der Waals surface area contributed by atoms with E-state index in [0.29, 0.717) is 0 Å². The van der Waals surface area contributed by atoms with E-state index in [2.05, 4.69) is 77.2 Å². The van der Waals surface area contributed by atoms with Gasteiger partial charge in [0.2, 0.25) is 5.95 Å². The first-order valence-electron chi connectivity index (χ1n) is 10.1. The standard InChI is InChI=1S/C24H27N3O/c1-3-19-16-25-24(26-17-19)27-12-10-22(11-13-27)28-23-9-5-8-21(15-23)20-7-4-6-18(2)14-20/h4-9,14-17,22H,3,10-13H2,1-2H3. The van der Waals surface area contributed by atoms with Gasteiger partial charge in [0, 0.05) is 38.3 Å². The summed E-state index contributed by atoms with van der Waals surface area (Å²) in [5.74, 6) is 1.78. The van der Waals surface area contributed by atoms with E-state index < -0.39 is 0 Å². The predicted octanol–water partition coefficient (Wildman–Crippen LogP) is 5.06. The largest absolute Gasteiger partial charge is 0.490 e. The Hall–Kier alpha value is -2.88. The summed E-state index contributed by atoms with van der Waals surface area (Å²) in [5, 5.41) is 0. The molecule has 1 aromatic heterocycles. The molecule has 1 aliphatic rings. The van der Waals surface area contributed by atoms with Crippen molar-refractivity contribution in [1.82, 2.24) is 9.97 Å². The molecule has 0 bridgehead atoms. The molecule has 28 heavy (non-hydrogen) atoms. The fourth-order valence-corrected chi connectivity index (χ4v) is 3.63. The molecule has 4 heteroatoms. The molecule has 0 amide bonds. The summed E-state index contributed by atoms with van der Waals surface area (Å²) in [6.07, 6.45) is 7.03. The first-order chi connectivity index (χ1) is 13.7. The second-order valence-corrected chi connectivity index (χ2v) is 7.45. The topological polar surface area (TPSA) is 38.2 Å². The normalized spacial score (nSPS) is 14.9. The lowest BCUT2D eigenvalue weighted by Crippen LogP contribution is -2.39. The molecule has 0 spiro atoms. The van der Waals surface area contributed by atoms with Gasteiger partial charge in [-0.05, 0) is 42.2 Å². The monoisotopic (exact) mass is 373 g/mol. The van der Waals surface area contributed by atoms with E-state index in [-0.39, 0.29) is 6.10 Å². The molecule has 0 unspecified atom stereocenters. The van der Waals surface area contributed by atoms with E-state index >= 15 is 0 Å². The minimum absolute atomic E-state index is 0.235. The highest BCUT2D eigenvalue weighted by Crippen LogP contribution is 2.27. The minimum Gasteiger partial charge on any atom is -0.490 e. The van der Waals surface area contributed by atoms with Crippen molar-refractivity contribution in [3.63, 3.8) is 0 Å². The second-order valence-electron chi connectivity index (χ2n) is 7.45. The van der Waals surface area contributed by atoms with Gasteiger partial charge in [0.1, 0.15) is 11.9 Å². The Morgan fingerprint density at radius 3 is 2.32 bits per heavy atom. The first-order valence-corrected chi connectivity index (χ1v) is 10.1. The minimum atomic E-state index is 0.235. The van der Waals surface area contributed by atoms with Crippen LogP contribution in [0.2, 0.25) is 0 Å². The van der Waals surface area contributed by atoms with Gasteiger partial charge >= 0.3 is 0 Å². The van der Waals surface area contributed by atoms with Crippen LogP contribution in [0.15, 0.2) is 60.9 Å². The van der Waals surface area contributed by atoms with Gasteiger partial charge in [-0.2, -0.15) is 0 Å². The van der Waals surface area contributed by atoms with Crippen molar-refractivity contribution in [2.45, 2.75) is 39.2 Å². The number of nitrogens with zero attached hydrogens (tertiary/aromatic N) is 3. The maximum Gasteiger partial charge on any atom is 0.225 e. The maximum absolute atomic E-state index is 6.30. The number of hydrogen-bond acceptors (Lipinski definition) is 4. The van der Waals surface area contributed by atoms with E-state index in [0.717, 1.165) is 44.0 Å². The summed E-state index contributed by atoms with van der Waals surface area (Å²) >= 11 is 0. The molecule has 0 saturated carbocycles. The zero-order valence-electron chi connectivity index (χ0n) is 16.6. The molecule has 0 N–H and O–H groups in total. The van der Waals surface area contributed by atoms with Crippen molar-refractivity contribution in [3.05, 3.63) is 72.1 Å². The van der Waals surface area contributed by atoms with Gasteiger partial charge in [-0.1, -0.05) is 48.9 Å². The fourth-order valence-electron chi connectivity index (χ4n) is 3.63. The number of aryl methyl sites for hydroxylation is 2. The highest BCUT2D eigenvalue weighted by atomic mass is 16.5. The third-order valence-electron chi connectivity index (χ3n) is 5.31. The summed E-state index contributed by atoms with van der Waals surface area (Å²) in [6.45, 7) is 6.09. The molecular formula is C24H27N3O. The summed E-state index contributed by atoms with van der Waals surface area (Å²) in [4.78, 5) is 11.3. The average molecular weight is 374 g/mol. The van der Waals surface area contributed by atoms with Gasteiger partial charge in [-0.15, -0.1) is 0 Å². The quantitative estimate of drug-likeness (QED) is 0.626. The number of benzene rings is 2. The molecule has 2 heterocycles. The molecular weight excluding hydrogens is 346 g/mol. The van der Waals surface area contributed by atoms with Crippen molar-refractivity contribution >= 4 is 5.95 Å². The van der Waals surface area contributed by atoms with Crippen LogP contribution in [0.5, 0.6) is 5.75 Å². The Morgan fingerprint density at radius 1 is 0.964 bits per heavy atom. The van der Waals surface area contributed by atoms with Crippen LogP contribution in [0, 0.1) is 6.92 Å². The van der Waals surface area contributed by atoms with Gasteiger partial charge in [0.25, 0.3) is 0 Å². The van der Waals surface area contributed by atoms with E-state index in [4.69, 9.17) is 4.74 Å². The van der Waals surface area contributed by atoms with Crippen LogP contribution in [0.4, 0.5) is 5.95 Å². The number of anilines is 1. The first kappa shape index (κ1) is 18.5. The SMILES string of the molecule is CCc1cnc(N2CCC(Oc3cccc(-c4cccc(C)c4)c3)CC2)nc1. The average Bonchev–Trinajstić information content (AvgIpc) is 2.75. The summed E-state index contributed by atoms with van der Waals surface area (Å²) in [6, 6.07) is 17.0. The Balaban J connectivity index is 1.37. The molecule has 1 aliphatic heterocycles. The third kappa shape index (κ3) is 4.33. The molecule has 1 fully saturated rings. The van der Waals surface area contributed by atoms with Gasteiger partial charge in [-0.25, -0.2) is 9.97 Å². The van der Waals surface area contributed by atoms with E-state index in [1.807, 2.05) is 12.4 Å². The van der Waals surface area contributed by atoms with Crippen molar-refractivity contribution < 1.29 is 4.74 Å². The third-order valence-corrected chi connectivity index (χ3v) is 5.31. The Morgan fingerprint density at radius 2 is 1.64 bits per heavy atom. The van der Waals surface area contributed by atoms with Crippen molar-refractivity contribution in [2.24, 2.45) is 0 Å². The molecule has 0 radical (unpaired) electrons. The lowest BCUT2D eigenvalue weighted by atomic mass is 10.0. The van der Waals surface area contributed by atoms with Gasteiger partial charge < -0.3 is 9.64 Å². The molecule has 4 rings (SSSR count). The number of rotatable bonds is 5. The lowest BCUT2D eigenvalue weighted by Gasteiger charge is -2.32. The number of aromatic nitrogens is 2. The summed E-state index contributed by atoms with van der Waals surface area (Å²) in [7, 11) is 0. The predicted molar refractivity (Wildman–Crippen MR) is 114 cm³/mol. The van der Waals surface area contributed by atoms with Crippen molar-refractivity contribution in [2.75, 3.05) is 18.0 Å². The van der Waals surface area contributed by atoms with Crippen molar-refractivity contribution in [3.8, 4) is 16.9 Å². The van der Waals surface area contributed by atoms with Gasteiger partial charge in [0.05, 0.1) is 0 Å². The van der Waals surface area contributed by atoms with Crippen LogP contribution in [-0.4, -0.2) is 29.2 Å². The molecule has 144 valence electrons. The zero-order chi connectivity index (χ0) is 19.3. The lowest BCUT2D eigenvalue weighted by molar-refractivity contribution is 0.170. The van der Waals surface area contributed by atoms with E-state index in [1.54, 1.807) is 0 Å². The zero-order valence-corrected chi connectivity index (χ0v) is 16.6. The molecule has 4 nitrogen and oxygen atoms in total. The highest BCUT2D eigenvalue weighted by molar-refractivity contribution is 5.65. The Labute approximate surface area is 167 Å². The fraction of sp³-hybridized carbons (Fsp3) is 0.333. The summed E-state index contributed by atoms with van der Waals surface area (Å²) in [5.41, 5.74) is 4.87. The Kier molecular flexibility index (Phi) is 5.56. The van der Waals surface area contributed by atoms with Crippen LogP contribution >= 0.6 is 0 Å². The maximum atomic E-state index is 6.30. The van der Waals surface area contributed by atoms with Crippen molar-refractivity contribution in [1.29, 1.82) is 0 Å². The molecule has 1 saturated heterocycles.